The third-order valence-corrected chi connectivity index (χ3v) is 7.02. The molecule has 2 amide bonds. The summed E-state index contributed by atoms with van der Waals surface area (Å²) < 4.78 is 10.7. The Morgan fingerprint density at radius 1 is 1.17 bits per heavy atom. The lowest BCUT2D eigenvalue weighted by atomic mass is 10.1. The fraction of sp³-hybridized carbons (Fsp3) is 0.619. The number of hydrogen-bond acceptors (Lipinski definition) is 5. The first kappa shape index (κ1) is 21.8. The Morgan fingerprint density at radius 3 is 2.55 bits per heavy atom. The SMILES string of the molecule is COc1ccc([C@H]2SC[C@@H](C(=O)NCC[NH+]3CCCCC3)N2C(C)=O)cc1OC. The molecule has 1 aromatic rings. The second-order valence-electron chi connectivity index (χ2n) is 7.59. The van der Waals surface area contributed by atoms with Crippen LogP contribution in [-0.4, -0.2) is 68.9 Å². The first-order chi connectivity index (χ1) is 14.0. The number of ether oxygens (including phenoxy) is 2. The number of likely N-dealkylation sites (tertiary alicyclic amines) is 1. The third kappa shape index (κ3) is 5.17. The molecule has 160 valence electrons. The van der Waals surface area contributed by atoms with Crippen molar-refractivity contribution in [2.24, 2.45) is 0 Å². The molecular formula is C21H32N3O4S+. The zero-order chi connectivity index (χ0) is 20.8. The minimum atomic E-state index is -0.452. The highest BCUT2D eigenvalue weighted by Crippen LogP contribution is 2.43. The molecule has 2 fully saturated rings. The topological polar surface area (TPSA) is 72.3 Å². The van der Waals surface area contributed by atoms with Crippen LogP contribution in [0.3, 0.4) is 0 Å². The van der Waals surface area contributed by atoms with Gasteiger partial charge in [-0.25, -0.2) is 0 Å². The Balaban J connectivity index is 1.64. The highest BCUT2D eigenvalue weighted by Gasteiger charge is 2.41. The number of rotatable bonds is 7. The summed E-state index contributed by atoms with van der Waals surface area (Å²) in [6.45, 7) is 5.51. The summed E-state index contributed by atoms with van der Waals surface area (Å²) in [7, 11) is 3.18. The molecule has 8 heteroatoms. The van der Waals surface area contributed by atoms with Crippen molar-refractivity contribution in [3.05, 3.63) is 23.8 Å². The maximum Gasteiger partial charge on any atom is 0.243 e. The lowest BCUT2D eigenvalue weighted by Gasteiger charge is -2.28. The second kappa shape index (κ2) is 10.2. The van der Waals surface area contributed by atoms with Crippen molar-refractivity contribution in [2.45, 2.75) is 37.6 Å². The molecule has 0 aromatic heterocycles. The summed E-state index contributed by atoms with van der Waals surface area (Å²) in [6.07, 6.45) is 3.86. The average molecular weight is 423 g/mol. The minimum absolute atomic E-state index is 0.0629. The van der Waals surface area contributed by atoms with Gasteiger partial charge in [0.05, 0.1) is 40.4 Å². The highest BCUT2D eigenvalue weighted by molar-refractivity contribution is 7.99. The monoisotopic (exact) mass is 422 g/mol. The molecule has 3 rings (SSSR count). The van der Waals surface area contributed by atoms with E-state index in [0.29, 0.717) is 23.8 Å². The van der Waals surface area contributed by atoms with E-state index in [4.69, 9.17) is 9.47 Å². The van der Waals surface area contributed by atoms with Crippen molar-refractivity contribution in [1.82, 2.24) is 10.2 Å². The van der Waals surface area contributed by atoms with Crippen molar-refractivity contribution >= 4 is 23.6 Å². The Morgan fingerprint density at radius 2 is 1.90 bits per heavy atom. The van der Waals surface area contributed by atoms with Crippen LogP contribution in [0.4, 0.5) is 0 Å². The van der Waals surface area contributed by atoms with E-state index in [0.717, 1.165) is 12.1 Å². The molecule has 2 N–H and O–H groups in total. The molecule has 2 heterocycles. The largest absolute Gasteiger partial charge is 0.493 e. The van der Waals surface area contributed by atoms with Crippen LogP contribution in [0.5, 0.6) is 11.5 Å². The molecule has 2 aliphatic rings. The molecule has 0 bridgehead atoms. The number of hydrogen-bond donors (Lipinski definition) is 2. The van der Waals surface area contributed by atoms with E-state index < -0.39 is 6.04 Å². The van der Waals surface area contributed by atoms with Gasteiger partial charge >= 0.3 is 0 Å². The highest BCUT2D eigenvalue weighted by atomic mass is 32.2. The summed E-state index contributed by atoms with van der Waals surface area (Å²) in [5, 5.41) is 2.85. The maximum absolute atomic E-state index is 12.8. The van der Waals surface area contributed by atoms with Gasteiger partial charge in [-0.1, -0.05) is 6.07 Å². The fourth-order valence-corrected chi connectivity index (χ4v) is 5.61. The Kier molecular flexibility index (Phi) is 7.66. The molecule has 0 radical (unpaired) electrons. The van der Waals surface area contributed by atoms with Gasteiger partial charge in [-0.2, -0.15) is 0 Å². The number of methoxy groups -OCH3 is 2. The molecule has 2 aliphatic heterocycles. The van der Waals surface area contributed by atoms with E-state index in [-0.39, 0.29) is 17.2 Å². The summed E-state index contributed by atoms with van der Waals surface area (Å²) >= 11 is 1.61. The fourth-order valence-electron chi connectivity index (χ4n) is 4.14. The van der Waals surface area contributed by atoms with Gasteiger partial charge in [-0.3, -0.25) is 9.59 Å². The van der Waals surface area contributed by atoms with Gasteiger partial charge in [0.15, 0.2) is 11.5 Å². The summed E-state index contributed by atoms with van der Waals surface area (Å²) in [5.41, 5.74) is 0.927. The van der Waals surface area contributed by atoms with Crippen LogP contribution in [0.2, 0.25) is 0 Å². The molecule has 0 aliphatic carbocycles. The van der Waals surface area contributed by atoms with Gasteiger partial charge in [-0.05, 0) is 37.0 Å². The first-order valence-electron chi connectivity index (χ1n) is 10.3. The standard InChI is InChI=1S/C21H31N3O4S/c1-15(25)24-17(20(26)22-9-12-23-10-5-4-6-11-23)14-29-21(24)16-7-8-18(27-2)19(13-16)28-3/h7-8,13,17,21H,4-6,9-12,14H2,1-3H3,(H,22,26)/p+1/t17-,21+/m0/s1. The molecule has 0 unspecified atom stereocenters. The Labute approximate surface area is 177 Å². The smallest absolute Gasteiger partial charge is 0.243 e. The number of thioether (sulfide) groups is 1. The Hall–Kier alpha value is -1.93. The van der Waals surface area contributed by atoms with Crippen molar-refractivity contribution in [3.63, 3.8) is 0 Å². The molecule has 29 heavy (non-hydrogen) atoms. The van der Waals surface area contributed by atoms with Crippen LogP contribution in [-0.2, 0) is 9.59 Å². The van der Waals surface area contributed by atoms with Gasteiger partial charge in [0.2, 0.25) is 11.8 Å². The number of amides is 2. The zero-order valence-corrected chi connectivity index (χ0v) is 18.3. The molecule has 2 atom stereocenters. The number of nitrogens with one attached hydrogen (secondary N) is 2. The van der Waals surface area contributed by atoms with Crippen LogP contribution >= 0.6 is 11.8 Å². The molecule has 0 saturated carbocycles. The van der Waals surface area contributed by atoms with Crippen LogP contribution in [0.25, 0.3) is 0 Å². The number of nitrogens with zero attached hydrogens (tertiary/aromatic N) is 1. The summed E-state index contributed by atoms with van der Waals surface area (Å²) in [6, 6.07) is 5.19. The van der Waals surface area contributed by atoms with E-state index in [9.17, 15) is 9.59 Å². The average Bonchev–Trinajstić information content (AvgIpc) is 3.19. The predicted molar refractivity (Wildman–Crippen MR) is 113 cm³/mol. The van der Waals surface area contributed by atoms with Gasteiger partial charge in [-0.15, -0.1) is 11.8 Å². The van der Waals surface area contributed by atoms with Crippen molar-refractivity contribution in [3.8, 4) is 11.5 Å². The minimum Gasteiger partial charge on any atom is -0.493 e. The molecule has 0 spiro atoms. The third-order valence-electron chi connectivity index (χ3n) is 5.70. The van der Waals surface area contributed by atoms with E-state index in [1.807, 2.05) is 18.2 Å². The van der Waals surface area contributed by atoms with Gasteiger partial charge in [0, 0.05) is 12.7 Å². The maximum atomic E-state index is 12.8. The summed E-state index contributed by atoms with van der Waals surface area (Å²) in [5.74, 6) is 1.68. The molecule has 2 saturated heterocycles. The lowest BCUT2D eigenvalue weighted by Crippen LogP contribution is -3.13. The number of piperidine rings is 1. The van der Waals surface area contributed by atoms with Crippen LogP contribution in [0.1, 0.15) is 37.1 Å². The number of benzene rings is 1. The van der Waals surface area contributed by atoms with E-state index in [1.165, 1.54) is 39.3 Å². The number of quaternary nitrogens is 1. The number of carbonyl (C=O) groups excluding carboxylic acids is 2. The predicted octanol–water partition coefficient (Wildman–Crippen LogP) is 0.851. The first-order valence-corrected chi connectivity index (χ1v) is 11.3. The zero-order valence-electron chi connectivity index (χ0n) is 17.5. The van der Waals surface area contributed by atoms with Gasteiger partial charge in [0.25, 0.3) is 0 Å². The van der Waals surface area contributed by atoms with E-state index >= 15 is 0 Å². The van der Waals surface area contributed by atoms with Crippen LogP contribution in [0, 0.1) is 0 Å². The number of carbonyl (C=O) groups is 2. The van der Waals surface area contributed by atoms with Crippen LogP contribution in [0.15, 0.2) is 18.2 Å². The molecule has 7 nitrogen and oxygen atoms in total. The van der Waals surface area contributed by atoms with Crippen molar-refractivity contribution in [1.29, 1.82) is 0 Å². The second-order valence-corrected chi connectivity index (χ2v) is 8.71. The molecule has 1 aromatic carbocycles. The van der Waals surface area contributed by atoms with E-state index in [1.54, 1.807) is 35.8 Å². The van der Waals surface area contributed by atoms with Gasteiger partial charge in [0.1, 0.15) is 11.4 Å². The van der Waals surface area contributed by atoms with E-state index in [2.05, 4.69) is 5.32 Å². The lowest BCUT2D eigenvalue weighted by molar-refractivity contribution is -0.903. The van der Waals surface area contributed by atoms with Crippen molar-refractivity contribution < 1.29 is 24.0 Å². The molecular weight excluding hydrogens is 390 g/mol. The van der Waals surface area contributed by atoms with Crippen LogP contribution < -0.4 is 19.7 Å². The Bertz CT molecular complexity index is 724. The quantitative estimate of drug-likeness (QED) is 0.682. The van der Waals surface area contributed by atoms with Crippen molar-refractivity contribution in [2.75, 3.05) is 46.2 Å². The normalized spacial score (nSPS) is 22.4. The van der Waals surface area contributed by atoms with Gasteiger partial charge < -0.3 is 24.6 Å². The summed E-state index contributed by atoms with van der Waals surface area (Å²) in [4.78, 5) is 28.5.